The molecule has 7 heteroatoms. The maximum Gasteiger partial charge on any atom is 0.262 e. The van der Waals surface area contributed by atoms with Gasteiger partial charge in [-0.25, -0.2) is 0 Å². The van der Waals surface area contributed by atoms with Crippen molar-refractivity contribution in [3.8, 4) is 0 Å². The lowest BCUT2D eigenvalue weighted by Gasteiger charge is -2.33. The minimum atomic E-state index is -0.424. The predicted molar refractivity (Wildman–Crippen MR) is 89.8 cm³/mol. The number of imide groups is 1. The van der Waals surface area contributed by atoms with Crippen molar-refractivity contribution in [2.24, 2.45) is 5.92 Å². The second-order valence-corrected chi connectivity index (χ2v) is 6.63. The third-order valence-electron chi connectivity index (χ3n) is 4.81. The molecule has 1 saturated heterocycles. The van der Waals surface area contributed by atoms with Gasteiger partial charge in [0.05, 0.1) is 11.1 Å². The van der Waals surface area contributed by atoms with Crippen LogP contribution in [0.25, 0.3) is 0 Å². The van der Waals surface area contributed by atoms with Crippen LogP contribution >= 0.6 is 0 Å². The Labute approximate surface area is 146 Å². The molecular formula is C18H21N3O4. The molecule has 0 radical (unpaired) electrons. The fourth-order valence-electron chi connectivity index (χ4n) is 3.36. The first kappa shape index (κ1) is 17.1. The molecule has 132 valence electrons. The van der Waals surface area contributed by atoms with Gasteiger partial charge in [-0.05, 0) is 25.0 Å². The number of piperidine rings is 1. The molecule has 1 aromatic rings. The van der Waals surface area contributed by atoms with Crippen molar-refractivity contribution in [3.05, 3.63) is 35.4 Å². The predicted octanol–water partition coefficient (Wildman–Crippen LogP) is 0.609. The summed E-state index contributed by atoms with van der Waals surface area (Å²) >= 11 is 0. The Hall–Kier alpha value is -2.70. The van der Waals surface area contributed by atoms with Crippen LogP contribution in [-0.2, 0) is 9.59 Å². The van der Waals surface area contributed by atoms with Gasteiger partial charge in [0.2, 0.25) is 11.8 Å². The number of benzene rings is 1. The van der Waals surface area contributed by atoms with Gasteiger partial charge in [-0.15, -0.1) is 0 Å². The van der Waals surface area contributed by atoms with Crippen LogP contribution in [0.1, 0.15) is 33.6 Å². The Kier molecular flexibility index (Phi) is 4.57. The van der Waals surface area contributed by atoms with E-state index >= 15 is 0 Å². The number of carbonyl (C=O) groups is 4. The summed E-state index contributed by atoms with van der Waals surface area (Å²) in [6.45, 7) is 0.678. The molecule has 4 amide bonds. The van der Waals surface area contributed by atoms with Gasteiger partial charge in [0.1, 0.15) is 6.54 Å². The quantitative estimate of drug-likeness (QED) is 0.754. The van der Waals surface area contributed by atoms with Crippen LogP contribution in [0.2, 0.25) is 0 Å². The lowest BCUT2D eigenvalue weighted by atomic mass is 9.95. The molecule has 0 N–H and O–H groups in total. The van der Waals surface area contributed by atoms with Gasteiger partial charge in [-0.3, -0.25) is 24.1 Å². The minimum Gasteiger partial charge on any atom is -0.349 e. The zero-order valence-corrected chi connectivity index (χ0v) is 14.4. The van der Waals surface area contributed by atoms with Crippen LogP contribution in [0.4, 0.5) is 0 Å². The van der Waals surface area contributed by atoms with E-state index in [-0.39, 0.29) is 24.3 Å². The average molecular weight is 343 g/mol. The van der Waals surface area contributed by atoms with Crippen LogP contribution in [0.5, 0.6) is 0 Å². The Morgan fingerprint density at radius 1 is 1.04 bits per heavy atom. The summed E-state index contributed by atoms with van der Waals surface area (Å²) in [4.78, 5) is 53.3. The molecule has 0 saturated carbocycles. The molecule has 0 aromatic heterocycles. The first-order valence-corrected chi connectivity index (χ1v) is 8.34. The smallest absolute Gasteiger partial charge is 0.262 e. The molecule has 2 heterocycles. The highest BCUT2D eigenvalue weighted by atomic mass is 16.2. The molecule has 7 nitrogen and oxygen atoms in total. The molecule has 3 rings (SSSR count). The van der Waals surface area contributed by atoms with E-state index in [0.717, 1.165) is 4.90 Å². The van der Waals surface area contributed by atoms with E-state index in [1.54, 1.807) is 48.2 Å². The van der Waals surface area contributed by atoms with Gasteiger partial charge in [0.25, 0.3) is 11.8 Å². The van der Waals surface area contributed by atoms with Crippen LogP contribution < -0.4 is 0 Å². The Morgan fingerprint density at radius 2 is 1.56 bits per heavy atom. The summed E-state index contributed by atoms with van der Waals surface area (Å²) < 4.78 is 0. The summed E-state index contributed by atoms with van der Waals surface area (Å²) in [7, 11) is 3.45. The molecule has 0 spiro atoms. The van der Waals surface area contributed by atoms with Crippen LogP contribution in [0.15, 0.2) is 24.3 Å². The zero-order valence-electron chi connectivity index (χ0n) is 14.4. The van der Waals surface area contributed by atoms with E-state index in [0.29, 0.717) is 37.1 Å². The first-order chi connectivity index (χ1) is 11.9. The summed E-state index contributed by atoms with van der Waals surface area (Å²) in [5, 5.41) is 0. The number of carbonyl (C=O) groups excluding carboxylic acids is 4. The molecule has 2 aliphatic rings. The van der Waals surface area contributed by atoms with Gasteiger partial charge in [-0.1, -0.05) is 12.1 Å². The minimum absolute atomic E-state index is 0.0710. The molecule has 0 bridgehead atoms. The van der Waals surface area contributed by atoms with Gasteiger partial charge in [0, 0.05) is 33.1 Å². The number of nitrogens with zero attached hydrogens (tertiary/aromatic N) is 3. The maximum atomic E-state index is 12.5. The van der Waals surface area contributed by atoms with Crippen LogP contribution in [-0.4, -0.2) is 72.1 Å². The normalized spacial score (nSPS) is 17.7. The SMILES string of the molecule is CN(C)C(=O)C1CCN(C(=O)CN2C(=O)c3ccccc3C2=O)CC1. The van der Waals surface area contributed by atoms with Crippen molar-refractivity contribution in [1.82, 2.24) is 14.7 Å². The fraction of sp³-hybridized carbons (Fsp3) is 0.444. The lowest BCUT2D eigenvalue weighted by molar-refractivity contribution is -0.139. The van der Waals surface area contributed by atoms with E-state index in [4.69, 9.17) is 0 Å². The van der Waals surface area contributed by atoms with E-state index in [9.17, 15) is 19.2 Å². The van der Waals surface area contributed by atoms with Crippen LogP contribution in [0.3, 0.4) is 0 Å². The highest BCUT2D eigenvalue weighted by molar-refractivity contribution is 6.22. The van der Waals surface area contributed by atoms with Gasteiger partial charge in [-0.2, -0.15) is 0 Å². The molecule has 0 unspecified atom stereocenters. The van der Waals surface area contributed by atoms with Gasteiger partial charge in [0.15, 0.2) is 0 Å². The lowest BCUT2D eigenvalue weighted by Crippen LogP contribution is -2.47. The number of hydrogen-bond donors (Lipinski definition) is 0. The van der Waals surface area contributed by atoms with Crippen molar-refractivity contribution in [2.75, 3.05) is 33.7 Å². The van der Waals surface area contributed by atoms with Crippen molar-refractivity contribution in [3.63, 3.8) is 0 Å². The largest absolute Gasteiger partial charge is 0.349 e. The number of fused-ring (bicyclic) bond motifs is 1. The van der Waals surface area contributed by atoms with Crippen molar-refractivity contribution in [2.45, 2.75) is 12.8 Å². The average Bonchev–Trinajstić information content (AvgIpc) is 2.86. The first-order valence-electron chi connectivity index (χ1n) is 8.34. The van der Waals surface area contributed by atoms with E-state index in [1.165, 1.54) is 0 Å². The highest BCUT2D eigenvalue weighted by Gasteiger charge is 2.37. The molecule has 25 heavy (non-hydrogen) atoms. The van der Waals surface area contributed by atoms with Crippen molar-refractivity contribution < 1.29 is 19.2 Å². The summed E-state index contributed by atoms with van der Waals surface area (Å²) in [5.41, 5.74) is 0.686. The third kappa shape index (κ3) is 3.14. The Bertz CT molecular complexity index is 701. The third-order valence-corrected chi connectivity index (χ3v) is 4.81. The highest BCUT2D eigenvalue weighted by Crippen LogP contribution is 2.23. The van der Waals surface area contributed by atoms with E-state index in [1.807, 2.05) is 0 Å². The molecule has 1 aromatic carbocycles. The number of hydrogen-bond acceptors (Lipinski definition) is 4. The second kappa shape index (κ2) is 6.66. The second-order valence-electron chi connectivity index (χ2n) is 6.63. The number of rotatable bonds is 3. The summed E-state index contributed by atoms with van der Waals surface area (Å²) in [6, 6.07) is 6.58. The fourth-order valence-corrected chi connectivity index (χ4v) is 3.36. The monoisotopic (exact) mass is 343 g/mol. The Morgan fingerprint density at radius 3 is 2.04 bits per heavy atom. The van der Waals surface area contributed by atoms with E-state index in [2.05, 4.69) is 0 Å². The zero-order chi connectivity index (χ0) is 18.1. The number of amides is 4. The standard InChI is InChI=1S/C18H21N3O4/c1-19(2)16(23)12-7-9-20(10-8-12)15(22)11-21-17(24)13-5-3-4-6-14(13)18(21)25/h3-6,12H,7-11H2,1-2H3. The van der Waals surface area contributed by atoms with E-state index < -0.39 is 11.8 Å². The summed E-state index contributed by atoms with van der Waals surface area (Å²) in [6.07, 6.45) is 1.20. The van der Waals surface area contributed by atoms with Gasteiger partial charge < -0.3 is 9.80 Å². The molecule has 2 aliphatic heterocycles. The van der Waals surface area contributed by atoms with Crippen LogP contribution in [0, 0.1) is 5.92 Å². The molecule has 0 aliphatic carbocycles. The Balaban J connectivity index is 1.60. The van der Waals surface area contributed by atoms with Crippen molar-refractivity contribution in [1.29, 1.82) is 0 Å². The van der Waals surface area contributed by atoms with Gasteiger partial charge >= 0.3 is 0 Å². The maximum absolute atomic E-state index is 12.5. The van der Waals surface area contributed by atoms with Crippen molar-refractivity contribution >= 4 is 23.6 Å². The molecule has 1 fully saturated rings. The molecular weight excluding hydrogens is 322 g/mol. The number of likely N-dealkylation sites (tertiary alicyclic amines) is 1. The molecule has 0 atom stereocenters. The topological polar surface area (TPSA) is 78.0 Å². The summed E-state index contributed by atoms with van der Waals surface area (Å²) in [5.74, 6) is -1.10.